The predicted molar refractivity (Wildman–Crippen MR) is 119 cm³/mol. The molecule has 1 heterocycles. The second kappa shape index (κ2) is 11.1. The summed E-state index contributed by atoms with van der Waals surface area (Å²) in [6.07, 6.45) is 7.65. The maximum atomic E-state index is 11.6. The smallest absolute Gasteiger partial charge is 0.220 e. The zero-order valence-corrected chi connectivity index (χ0v) is 18.6. The van der Waals surface area contributed by atoms with Gasteiger partial charge in [0.25, 0.3) is 0 Å². The average Bonchev–Trinajstić information content (AvgIpc) is 3.29. The van der Waals surface area contributed by atoms with Crippen LogP contribution in [0.4, 0.5) is 0 Å². The number of benzene rings is 1. The standard InChI is InChI=1S/C23H36N4O3/c1-24-22(28)14-17-10-12-27(13-11-17)23(25-2)26-16-18-8-9-20(29-3)15-21(18)30-19-6-4-5-7-19/h8-9,15,17,19H,4-7,10-14,16H2,1-3H3,(H,24,28)(H,25,26). The third kappa shape index (κ3) is 6.03. The molecule has 2 N–H and O–H groups in total. The van der Waals surface area contributed by atoms with Gasteiger partial charge < -0.3 is 25.0 Å². The van der Waals surface area contributed by atoms with Crippen molar-refractivity contribution >= 4 is 11.9 Å². The molecule has 1 aliphatic carbocycles. The fourth-order valence-electron chi connectivity index (χ4n) is 4.32. The van der Waals surface area contributed by atoms with Crippen LogP contribution >= 0.6 is 0 Å². The highest BCUT2D eigenvalue weighted by Crippen LogP contribution is 2.30. The van der Waals surface area contributed by atoms with Gasteiger partial charge in [0.05, 0.1) is 13.2 Å². The van der Waals surface area contributed by atoms with Crippen LogP contribution in [0.25, 0.3) is 0 Å². The molecule has 1 aromatic rings. The maximum Gasteiger partial charge on any atom is 0.220 e. The Balaban J connectivity index is 1.57. The van der Waals surface area contributed by atoms with E-state index in [1.165, 1.54) is 12.8 Å². The highest BCUT2D eigenvalue weighted by atomic mass is 16.5. The summed E-state index contributed by atoms with van der Waals surface area (Å²) in [6, 6.07) is 6.03. The molecule has 166 valence electrons. The maximum absolute atomic E-state index is 11.6. The van der Waals surface area contributed by atoms with Gasteiger partial charge in [-0.2, -0.15) is 0 Å². The molecule has 0 bridgehead atoms. The van der Waals surface area contributed by atoms with Crippen molar-refractivity contribution < 1.29 is 14.3 Å². The molecule has 2 aliphatic rings. The van der Waals surface area contributed by atoms with Gasteiger partial charge in [-0.1, -0.05) is 0 Å². The van der Waals surface area contributed by atoms with Crippen molar-refractivity contribution in [2.75, 3.05) is 34.3 Å². The van der Waals surface area contributed by atoms with E-state index in [1.807, 2.05) is 19.2 Å². The Labute approximate surface area is 180 Å². The number of carbonyl (C=O) groups is 1. The van der Waals surface area contributed by atoms with Crippen LogP contribution in [-0.4, -0.2) is 57.2 Å². The van der Waals surface area contributed by atoms with Crippen LogP contribution in [0, 0.1) is 5.92 Å². The number of methoxy groups -OCH3 is 1. The lowest BCUT2D eigenvalue weighted by molar-refractivity contribution is -0.121. The first-order valence-corrected chi connectivity index (χ1v) is 11.1. The Morgan fingerprint density at radius 2 is 1.93 bits per heavy atom. The Bertz CT molecular complexity index is 723. The minimum atomic E-state index is 0.130. The third-order valence-corrected chi connectivity index (χ3v) is 6.19. The largest absolute Gasteiger partial charge is 0.497 e. The predicted octanol–water partition coefficient (Wildman–Crippen LogP) is 2.94. The summed E-state index contributed by atoms with van der Waals surface area (Å²) >= 11 is 0. The number of ether oxygens (including phenoxy) is 2. The number of hydrogen-bond donors (Lipinski definition) is 2. The van der Waals surface area contributed by atoms with E-state index >= 15 is 0 Å². The number of nitrogens with zero attached hydrogens (tertiary/aromatic N) is 2. The molecule has 0 unspecified atom stereocenters. The number of carbonyl (C=O) groups excluding carboxylic acids is 1. The second-order valence-electron chi connectivity index (χ2n) is 8.21. The molecule has 0 spiro atoms. The van der Waals surface area contributed by atoms with E-state index in [0.717, 1.165) is 61.8 Å². The molecule has 7 heteroatoms. The van der Waals surface area contributed by atoms with Crippen molar-refractivity contribution in [3.8, 4) is 11.5 Å². The lowest BCUT2D eigenvalue weighted by atomic mass is 9.93. The number of likely N-dealkylation sites (tertiary alicyclic amines) is 1. The summed E-state index contributed by atoms with van der Waals surface area (Å²) in [4.78, 5) is 18.4. The monoisotopic (exact) mass is 416 g/mol. The van der Waals surface area contributed by atoms with Crippen LogP contribution in [0.1, 0.15) is 50.5 Å². The van der Waals surface area contributed by atoms with Crippen LogP contribution in [0.3, 0.4) is 0 Å². The van der Waals surface area contributed by atoms with Gasteiger partial charge in [-0.3, -0.25) is 9.79 Å². The molecule has 30 heavy (non-hydrogen) atoms. The third-order valence-electron chi connectivity index (χ3n) is 6.19. The van der Waals surface area contributed by atoms with E-state index in [2.05, 4.69) is 26.6 Å². The van der Waals surface area contributed by atoms with Crippen molar-refractivity contribution in [1.82, 2.24) is 15.5 Å². The lowest BCUT2D eigenvalue weighted by Gasteiger charge is -2.34. The van der Waals surface area contributed by atoms with Gasteiger partial charge in [0.15, 0.2) is 5.96 Å². The van der Waals surface area contributed by atoms with Crippen LogP contribution in [0.2, 0.25) is 0 Å². The first kappa shape index (κ1) is 22.2. The van der Waals surface area contributed by atoms with Gasteiger partial charge in [0.1, 0.15) is 11.5 Å². The van der Waals surface area contributed by atoms with Crippen LogP contribution in [0.5, 0.6) is 11.5 Å². The molecule has 1 aliphatic heterocycles. The average molecular weight is 417 g/mol. The molecule has 0 aromatic heterocycles. The summed E-state index contributed by atoms with van der Waals surface area (Å²) in [5.74, 6) is 3.19. The Morgan fingerprint density at radius 1 is 1.20 bits per heavy atom. The minimum absolute atomic E-state index is 0.130. The first-order chi connectivity index (χ1) is 14.6. The topological polar surface area (TPSA) is 75.2 Å². The highest BCUT2D eigenvalue weighted by molar-refractivity contribution is 5.80. The van der Waals surface area contributed by atoms with Crippen molar-refractivity contribution in [2.24, 2.45) is 10.9 Å². The van der Waals surface area contributed by atoms with E-state index in [0.29, 0.717) is 25.0 Å². The van der Waals surface area contributed by atoms with Gasteiger partial charge >= 0.3 is 0 Å². The number of nitrogens with one attached hydrogen (secondary N) is 2. The summed E-state index contributed by atoms with van der Waals surface area (Å²) < 4.78 is 11.7. The summed E-state index contributed by atoms with van der Waals surface area (Å²) in [5.41, 5.74) is 1.11. The fraction of sp³-hybridized carbons (Fsp3) is 0.652. The van der Waals surface area contributed by atoms with E-state index in [9.17, 15) is 4.79 Å². The molecular weight excluding hydrogens is 380 g/mol. The molecule has 1 saturated heterocycles. The molecule has 1 saturated carbocycles. The molecule has 2 fully saturated rings. The van der Waals surface area contributed by atoms with Crippen molar-refractivity contribution in [3.05, 3.63) is 23.8 Å². The van der Waals surface area contributed by atoms with Gasteiger partial charge in [-0.15, -0.1) is 0 Å². The summed E-state index contributed by atoms with van der Waals surface area (Å²) in [7, 11) is 5.21. The fourth-order valence-corrected chi connectivity index (χ4v) is 4.32. The molecular formula is C23H36N4O3. The number of amides is 1. The summed E-state index contributed by atoms with van der Waals surface area (Å²) in [6.45, 7) is 2.47. The molecule has 1 amide bonds. The van der Waals surface area contributed by atoms with E-state index in [1.54, 1.807) is 14.2 Å². The quantitative estimate of drug-likeness (QED) is 0.528. The van der Waals surface area contributed by atoms with E-state index in [4.69, 9.17) is 9.47 Å². The van der Waals surface area contributed by atoms with E-state index in [-0.39, 0.29) is 5.91 Å². The number of rotatable bonds is 7. The Hall–Kier alpha value is -2.44. The Kier molecular flexibility index (Phi) is 8.22. The molecule has 0 radical (unpaired) electrons. The highest BCUT2D eigenvalue weighted by Gasteiger charge is 2.23. The van der Waals surface area contributed by atoms with Crippen LogP contribution in [0.15, 0.2) is 23.2 Å². The summed E-state index contributed by atoms with van der Waals surface area (Å²) in [5, 5.41) is 6.23. The van der Waals surface area contributed by atoms with Gasteiger partial charge in [0, 0.05) is 51.8 Å². The van der Waals surface area contributed by atoms with Crippen molar-refractivity contribution in [2.45, 2.75) is 57.6 Å². The molecule has 0 atom stereocenters. The van der Waals surface area contributed by atoms with Crippen LogP contribution < -0.4 is 20.1 Å². The minimum Gasteiger partial charge on any atom is -0.497 e. The lowest BCUT2D eigenvalue weighted by Crippen LogP contribution is -2.45. The molecule has 7 nitrogen and oxygen atoms in total. The number of piperidine rings is 1. The van der Waals surface area contributed by atoms with E-state index < -0.39 is 0 Å². The zero-order chi connectivity index (χ0) is 21.3. The Morgan fingerprint density at radius 3 is 2.57 bits per heavy atom. The van der Waals surface area contributed by atoms with Gasteiger partial charge in [-0.25, -0.2) is 0 Å². The SMILES string of the molecule is CN=C(NCc1ccc(OC)cc1OC1CCCC1)N1CCC(CC(=O)NC)CC1. The number of hydrogen-bond acceptors (Lipinski definition) is 4. The van der Waals surface area contributed by atoms with Crippen molar-refractivity contribution in [3.63, 3.8) is 0 Å². The normalized spacial score (nSPS) is 18.4. The van der Waals surface area contributed by atoms with Gasteiger partial charge in [0.2, 0.25) is 5.91 Å². The van der Waals surface area contributed by atoms with Gasteiger partial charge in [-0.05, 0) is 56.6 Å². The van der Waals surface area contributed by atoms with Crippen molar-refractivity contribution in [1.29, 1.82) is 0 Å². The first-order valence-electron chi connectivity index (χ1n) is 11.1. The zero-order valence-electron chi connectivity index (χ0n) is 18.6. The number of aliphatic imine (C=N–C) groups is 1. The molecule has 3 rings (SSSR count). The molecule has 1 aromatic carbocycles. The number of guanidine groups is 1. The van der Waals surface area contributed by atoms with Crippen LogP contribution in [-0.2, 0) is 11.3 Å². The second-order valence-corrected chi connectivity index (χ2v) is 8.21.